The van der Waals surface area contributed by atoms with Crippen LogP contribution in [0, 0.1) is 0 Å². The Balaban J connectivity index is 2.46. The number of rotatable bonds is 4. The van der Waals surface area contributed by atoms with Crippen LogP contribution in [0.15, 0.2) is 12.4 Å². The molecule has 86 valence electrons. The zero-order chi connectivity index (χ0) is 11.5. The van der Waals surface area contributed by atoms with Crippen molar-refractivity contribution in [1.82, 2.24) is 19.7 Å². The summed E-state index contributed by atoms with van der Waals surface area (Å²) in [6, 6.07) is 0. The zero-order valence-electron chi connectivity index (χ0n) is 9.22. The molecular formula is C10H13ClN4O. The van der Waals surface area contributed by atoms with Crippen molar-refractivity contribution in [3.8, 4) is 0 Å². The molecule has 0 radical (unpaired) electrons. The zero-order valence-corrected chi connectivity index (χ0v) is 9.98. The molecule has 2 aromatic rings. The summed E-state index contributed by atoms with van der Waals surface area (Å²) in [6.45, 7) is 2.10. The van der Waals surface area contributed by atoms with Crippen LogP contribution in [0.4, 0.5) is 0 Å². The molecule has 0 fully saturated rings. The molecule has 0 saturated heterocycles. The third-order valence-corrected chi connectivity index (χ3v) is 2.57. The van der Waals surface area contributed by atoms with E-state index in [0.29, 0.717) is 5.65 Å². The van der Waals surface area contributed by atoms with E-state index in [1.807, 2.05) is 0 Å². The van der Waals surface area contributed by atoms with E-state index in [0.717, 1.165) is 18.2 Å². The molecule has 2 aromatic heterocycles. The first kappa shape index (κ1) is 11.3. The summed E-state index contributed by atoms with van der Waals surface area (Å²) in [5.74, 6) is 0. The Morgan fingerprint density at radius 1 is 1.50 bits per heavy atom. The van der Waals surface area contributed by atoms with Gasteiger partial charge in [0.25, 0.3) is 0 Å². The van der Waals surface area contributed by atoms with Crippen molar-refractivity contribution in [3.63, 3.8) is 0 Å². The Hall–Kier alpha value is -1.20. The van der Waals surface area contributed by atoms with E-state index in [1.54, 1.807) is 24.2 Å². The second-order valence-electron chi connectivity index (χ2n) is 3.49. The van der Waals surface area contributed by atoms with E-state index >= 15 is 0 Å². The molecule has 0 saturated carbocycles. The minimum Gasteiger partial charge on any atom is -0.360 e. The predicted octanol–water partition coefficient (Wildman–Crippen LogP) is 2.42. The lowest BCUT2D eigenvalue weighted by Gasteiger charge is -2.15. The number of fused-ring (bicyclic) bond motifs is 1. The molecule has 16 heavy (non-hydrogen) atoms. The molecule has 1 atom stereocenters. The van der Waals surface area contributed by atoms with Gasteiger partial charge >= 0.3 is 0 Å². The summed E-state index contributed by atoms with van der Waals surface area (Å²) in [4.78, 5) is 8.07. The molecule has 0 spiro atoms. The lowest BCUT2D eigenvalue weighted by molar-refractivity contribution is 0.0295. The standard InChI is InChI=1S/C10H13ClN4O/c1-3-4-8(16-2)15-9-7(6-13-15)5-12-10(11)14-9/h5-6,8H,3-4H2,1-2H3. The highest BCUT2D eigenvalue weighted by Gasteiger charge is 2.14. The van der Waals surface area contributed by atoms with E-state index in [-0.39, 0.29) is 11.5 Å². The van der Waals surface area contributed by atoms with Gasteiger partial charge in [-0.15, -0.1) is 0 Å². The van der Waals surface area contributed by atoms with Gasteiger partial charge < -0.3 is 4.74 Å². The van der Waals surface area contributed by atoms with E-state index in [4.69, 9.17) is 16.3 Å². The molecule has 0 aromatic carbocycles. The molecular weight excluding hydrogens is 228 g/mol. The number of aromatic nitrogens is 4. The second kappa shape index (κ2) is 4.76. The van der Waals surface area contributed by atoms with Crippen molar-refractivity contribution in [2.24, 2.45) is 0 Å². The smallest absolute Gasteiger partial charge is 0.224 e. The number of hydrogen-bond acceptors (Lipinski definition) is 4. The van der Waals surface area contributed by atoms with Gasteiger partial charge in [0, 0.05) is 13.3 Å². The first-order valence-electron chi connectivity index (χ1n) is 5.14. The predicted molar refractivity (Wildman–Crippen MR) is 61.3 cm³/mol. The van der Waals surface area contributed by atoms with Crippen LogP contribution in [0.2, 0.25) is 5.28 Å². The van der Waals surface area contributed by atoms with Gasteiger partial charge in [0.2, 0.25) is 5.28 Å². The van der Waals surface area contributed by atoms with Gasteiger partial charge in [-0.2, -0.15) is 10.1 Å². The van der Waals surface area contributed by atoms with Gasteiger partial charge in [-0.25, -0.2) is 9.67 Å². The van der Waals surface area contributed by atoms with E-state index in [9.17, 15) is 0 Å². The van der Waals surface area contributed by atoms with Gasteiger partial charge in [0.15, 0.2) is 11.9 Å². The molecule has 0 aliphatic rings. The third kappa shape index (κ3) is 2.01. The Bertz CT molecular complexity index is 485. The maximum atomic E-state index is 5.77. The van der Waals surface area contributed by atoms with Gasteiger partial charge in [-0.1, -0.05) is 13.3 Å². The number of hydrogen-bond donors (Lipinski definition) is 0. The SMILES string of the molecule is CCCC(OC)n1ncc2cnc(Cl)nc21. The molecule has 1 unspecified atom stereocenters. The number of methoxy groups -OCH3 is 1. The van der Waals surface area contributed by atoms with E-state index in [1.165, 1.54) is 0 Å². The van der Waals surface area contributed by atoms with Gasteiger partial charge in [-0.05, 0) is 18.0 Å². The lowest BCUT2D eigenvalue weighted by Crippen LogP contribution is -2.13. The monoisotopic (exact) mass is 240 g/mol. The molecule has 0 aliphatic carbocycles. The number of halogens is 1. The van der Waals surface area contributed by atoms with Crippen LogP contribution in [-0.2, 0) is 4.74 Å². The fourth-order valence-electron chi connectivity index (χ4n) is 1.61. The molecule has 0 amide bonds. The topological polar surface area (TPSA) is 52.8 Å². The number of ether oxygens (including phenoxy) is 1. The molecule has 0 aliphatic heterocycles. The minimum atomic E-state index is -0.103. The summed E-state index contributed by atoms with van der Waals surface area (Å²) in [7, 11) is 1.66. The Labute approximate surface area is 98.4 Å². The van der Waals surface area contributed by atoms with E-state index < -0.39 is 0 Å². The van der Waals surface area contributed by atoms with Gasteiger partial charge in [0.1, 0.15) is 0 Å². The molecule has 2 heterocycles. The second-order valence-corrected chi connectivity index (χ2v) is 3.82. The lowest BCUT2D eigenvalue weighted by atomic mass is 10.3. The van der Waals surface area contributed by atoms with Crippen molar-refractivity contribution in [3.05, 3.63) is 17.7 Å². The molecule has 5 nitrogen and oxygen atoms in total. The Morgan fingerprint density at radius 2 is 2.31 bits per heavy atom. The summed E-state index contributed by atoms with van der Waals surface area (Å²) in [6.07, 6.45) is 5.17. The molecule has 2 rings (SSSR count). The number of nitrogens with zero attached hydrogens (tertiary/aromatic N) is 4. The fraction of sp³-hybridized carbons (Fsp3) is 0.500. The quantitative estimate of drug-likeness (QED) is 0.771. The van der Waals surface area contributed by atoms with Crippen LogP contribution in [-0.4, -0.2) is 26.9 Å². The fourth-order valence-corrected chi connectivity index (χ4v) is 1.74. The maximum Gasteiger partial charge on any atom is 0.224 e. The first-order valence-corrected chi connectivity index (χ1v) is 5.52. The summed E-state index contributed by atoms with van der Waals surface area (Å²) < 4.78 is 7.12. The minimum absolute atomic E-state index is 0.103. The highest BCUT2D eigenvalue weighted by Crippen LogP contribution is 2.20. The van der Waals surface area contributed by atoms with Crippen LogP contribution in [0.25, 0.3) is 11.0 Å². The normalized spacial score (nSPS) is 13.2. The van der Waals surface area contributed by atoms with Crippen LogP contribution < -0.4 is 0 Å². The highest BCUT2D eigenvalue weighted by atomic mass is 35.5. The summed E-state index contributed by atoms with van der Waals surface area (Å²) in [5.41, 5.74) is 0.709. The Morgan fingerprint density at radius 3 is 3.00 bits per heavy atom. The van der Waals surface area contributed by atoms with E-state index in [2.05, 4.69) is 22.0 Å². The van der Waals surface area contributed by atoms with Crippen LogP contribution in [0.3, 0.4) is 0 Å². The van der Waals surface area contributed by atoms with Crippen LogP contribution in [0.1, 0.15) is 26.0 Å². The van der Waals surface area contributed by atoms with Crippen molar-refractivity contribution >= 4 is 22.6 Å². The average Bonchev–Trinajstić information content (AvgIpc) is 2.69. The summed E-state index contributed by atoms with van der Waals surface area (Å²) >= 11 is 5.77. The van der Waals surface area contributed by atoms with Crippen LogP contribution in [0.5, 0.6) is 0 Å². The van der Waals surface area contributed by atoms with Crippen molar-refractivity contribution < 1.29 is 4.74 Å². The first-order chi connectivity index (χ1) is 7.76. The largest absolute Gasteiger partial charge is 0.360 e. The van der Waals surface area contributed by atoms with Gasteiger partial charge in [-0.3, -0.25) is 0 Å². The maximum absolute atomic E-state index is 5.77. The van der Waals surface area contributed by atoms with Crippen molar-refractivity contribution in [2.45, 2.75) is 26.0 Å². The Kier molecular flexibility index (Phi) is 3.36. The van der Waals surface area contributed by atoms with Crippen molar-refractivity contribution in [1.29, 1.82) is 0 Å². The summed E-state index contributed by atoms with van der Waals surface area (Å²) in [5, 5.41) is 5.34. The third-order valence-electron chi connectivity index (χ3n) is 2.39. The van der Waals surface area contributed by atoms with Crippen molar-refractivity contribution in [2.75, 3.05) is 7.11 Å². The highest BCUT2D eigenvalue weighted by molar-refractivity contribution is 6.28. The molecule has 0 bridgehead atoms. The van der Waals surface area contributed by atoms with Crippen LogP contribution >= 0.6 is 11.6 Å². The molecule has 6 heteroatoms. The van der Waals surface area contributed by atoms with Gasteiger partial charge in [0.05, 0.1) is 11.6 Å². The average molecular weight is 241 g/mol. The molecule has 0 N–H and O–H groups in total.